The molecule has 1 heterocycles. The van der Waals surface area contributed by atoms with Crippen LogP contribution in [0.4, 0.5) is 5.69 Å². The molecule has 0 unspecified atom stereocenters. The zero-order chi connectivity index (χ0) is 22.4. The van der Waals surface area contributed by atoms with E-state index in [9.17, 15) is 18.0 Å². The van der Waals surface area contributed by atoms with Crippen molar-refractivity contribution >= 4 is 27.5 Å². The van der Waals surface area contributed by atoms with E-state index in [2.05, 4.69) is 10.6 Å². The van der Waals surface area contributed by atoms with Crippen LogP contribution in [-0.4, -0.2) is 44.2 Å². The van der Waals surface area contributed by atoms with Crippen molar-refractivity contribution in [2.24, 2.45) is 0 Å². The summed E-state index contributed by atoms with van der Waals surface area (Å²) in [5.41, 5.74) is 1.67. The lowest BCUT2D eigenvalue weighted by Crippen LogP contribution is -2.28. The lowest BCUT2D eigenvalue weighted by atomic mass is 10.1. The molecule has 1 aliphatic heterocycles. The highest BCUT2D eigenvalue weighted by atomic mass is 32.2. The molecule has 1 fully saturated rings. The van der Waals surface area contributed by atoms with Gasteiger partial charge in [0.1, 0.15) is 0 Å². The van der Waals surface area contributed by atoms with E-state index in [-0.39, 0.29) is 16.4 Å². The Kier molecular flexibility index (Phi) is 7.46. The molecule has 2 amide bonds. The summed E-state index contributed by atoms with van der Waals surface area (Å²) < 4.78 is 27.2. The molecule has 0 aliphatic carbocycles. The van der Waals surface area contributed by atoms with Crippen molar-refractivity contribution in [1.29, 1.82) is 0 Å². The van der Waals surface area contributed by atoms with Crippen molar-refractivity contribution in [3.63, 3.8) is 0 Å². The van der Waals surface area contributed by atoms with Gasteiger partial charge in [-0.15, -0.1) is 0 Å². The molecule has 1 aliphatic rings. The van der Waals surface area contributed by atoms with Gasteiger partial charge in [0.25, 0.3) is 11.8 Å². The number of aryl methyl sites for hydroxylation is 1. The van der Waals surface area contributed by atoms with E-state index < -0.39 is 15.9 Å². The van der Waals surface area contributed by atoms with E-state index in [1.807, 2.05) is 6.92 Å². The molecule has 31 heavy (non-hydrogen) atoms. The Hall–Kier alpha value is -2.71. The molecule has 0 saturated carbocycles. The second kappa shape index (κ2) is 10.1. The number of rotatable bonds is 8. The molecule has 166 valence electrons. The van der Waals surface area contributed by atoms with Gasteiger partial charge in [0.15, 0.2) is 0 Å². The summed E-state index contributed by atoms with van der Waals surface area (Å²) in [5.74, 6) is -0.712. The minimum absolute atomic E-state index is 0.107. The average Bonchev–Trinajstić information content (AvgIpc) is 3.30. The first-order valence-corrected chi connectivity index (χ1v) is 12.1. The van der Waals surface area contributed by atoms with Gasteiger partial charge in [-0.25, -0.2) is 8.42 Å². The Morgan fingerprint density at radius 2 is 1.71 bits per heavy atom. The first-order valence-electron chi connectivity index (χ1n) is 10.6. The van der Waals surface area contributed by atoms with Crippen molar-refractivity contribution in [2.75, 3.05) is 25.0 Å². The second-order valence-electron chi connectivity index (χ2n) is 7.70. The fraction of sp³-hybridized carbons (Fsp3) is 0.391. The Morgan fingerprint density at radius 3 is 2.42 bits per heavy atom. The van der Waals surface area contributed by atoms with Crippen molar-refractivity contribution in [3.05, 3.63) is 59.2 Å². The predicted octanol–water partition coefficient (Wildman–Crippen LogP) is 3.56. The summed E-state index contributed by atoms with van der Waals surface area (Å²) in [4.78, 5) is 25.6. The monoisotopic (exact) mass is 443 g/mol. The van der Waals surface area contributed by atoms with Gasteiger partial charge in [-0.2, -0.15) is 4.31 Å². The highest BCUT2D eigenvalue weighted by Gasteiger charge is 2.28. The second-order valence-corrected chi connectivity index (χ2v) is 9.64. The molecular weight excluding hydrogens is 414 g/mol. The number of hydrogen-bond donors (Lipinski definition) is 2. The van der Waals surface area contributed by atoms with E-state index in [0.717, 1.165) is 25.7 Å². The first kappa shape index (κ1) is 23.0. The summed E-state index contributed by atoms with van der Waals surface area (Å²) >= 11 is 0. The number of nitrogens with one attached hydrogen (secondary N) is 2. The fourth-order valence-corrected chi connectivity index (χ4v) is 5.08. The molecule has 0 bridgehead atoms. The average molecular weight is 444 g/mol. The van der Waals surface area contributed by atoms with Gasteiger partial charge in [0.05, 0.1) is 16.1 Å². The van der Waals surface area contributed by atoms with Gasteiger partial charge < -0.3 is 10.6 Å². The Bertz CT molecular complexity index is 1060. The van der Waals surface area contributed by atoms with Crippen LogP contribution in [0, 0.1) is 6.92 Å². The molecule has 0 aromatic heterocycles. The van der Waals surface area contributed by atoms with E-state index in [1.165, 1.54) is 16.4 Å². The van der Waals surface area contributed by atoms with Crippen LogP contribution in [0.15, 0.2) is 47.4 Å². The summed E-state index contributed by atoms with van der Waals surface area (Å²) in [6.07, 6.45) is 3.53. The van der Waals surface area contributed by atoms with Crippen LogP contribution >= 0.6 is 0 Å². The van der Waals surface area contributed by atoms with E-state index in [1.54, 1.807) is 37.3 Å². The number of hydrogen-bond acceptors (Lipinski definition) is 4. The van der Waals surface area contributed by atoms with Crippen molar-refractivity contribution in [3.8, 4) is 0 Å². The van der Waals surface area contributed by atoms with Crippen molar-refractivity contribution in [2.45, 2.75) is 44.4 Å². The van der Waals surface area contributed by atoms with Gasteiger partial charge in [-0.1, -0.05) is 31.5 Å². The topological polar surface area (TPSA) is 95.6 Å². The number of nitrogens with zero attached hydrogens (tertiary/aromatic N) is 1. The molecular formula is C23H29N3O4S. The molecule has 2 aromatic carbocycles. The maximum atomic E-state index is 13.0. The van der Waals surface area contributed by atoms with E-state index in [4.69, 9.17) is 0 Å². The summed E-state index contributed by atoms with van der Waals surface area (Å²) in [5, 5.41) is 5.63. The lowest BCUT2D eigenvalue weighted by Gasteiger charge is -2.17. The fourth-order valence-electron chi connectivity index (χ4n) is 3.54. The highest BCUT2D eigenvalue weighted by Crippen LogP contribution is 2.24. The number of anilines is 1. The van der Waals surface area contributed by atoms with Gasteiger partial charge >= 0.3 is 0 Å². The largest absolute Gasteiger partial charge is 0.352 e. The molecule has 0 radical (unpaired) electrons. The van der Waals surface area contributed by atoms with Crippen LogP contribution in [0.25, 0.3) is 0 Å². The van der Waals surface area contributed by atoms with Crippen molar-refractivity contribution < 1.29 is 18.0 Å². The lowest BCUT2D eigenvalue weighted by molar-refractivity contribution is 0.0954. The Labute approximate surface area is 183 Å². The number of para-hydroxylation sites is 1. The minimum atomic E-state index is -3.63. The normalized spacial score (nSPS) is 14.4. The molecule has 8 heteroatoms. The molecule has 7 nitrogen and oxygen atoms in total. The van der Waals surface area contributed by atoms with Gasteiger partial charge in [0, 0.05) is 25.2 Å². The number of unbranched alkanes of at least 4 members (excludes halogenated alkanes) is 1. The minimum Gasteiger partial charge on any atom is -0.352 e. The smallest absolute Gasteiger partial charge is 0.255 e. The molecule has 3 rings (SSSR count). The van der Waals surface area contributed by atoms with Crippen LogP contribution < -0.4 is 10.6 Å². The van der Waals surface area contributed by atoms with Gasteiger partial charge in [-0.05, 0) is 56.0 Å². The van der Waals surface area contributed by atoms with Gasteiger partial charge in [0.2, 0.25) is 10.0 Å². The molecule has 2 aromatic rings. The maximum Gasteiger partial charge on any atom is 0.255 e. The third-order valence-corrected chi connectivity index (χ3v) is 7.29. The van der Waals surface area contributed by atoms with Crippen LogP contribution in [0.2, 0.25) is 0 Å². The van der Waals surface area contributed by atoms with Gasteiger partial charge in [-0.3, -0.25) is 9.59 Å². The Morgan fingerprint density at radius 1 is 1.00 bits per heavy atom. The SMILES string of the molecule is CCCCNC(=O)c1ccccc1NC(=O)c1cc(S(=O)(=O)N2CCCC2)ccc1C. The van der Waals surface area contributed by atoms with Crippen LogP contribution in [0.3, 0.4) is 0 Å². The van der Waals surface area contributed by atoms with E-state index >= 15 is 0 Å². The maximum absolute atomic E-state index is 13.0. The number of carbonyl (C=O) groups excluding carboxylic acids is 2. The Balaban J connectivity index is 1.84. The standard InChI is InChI=1S/C23H29N3O4S/c1-3-4-13-24-22(27)19-9-5-6-10-21(19)25-23(28)20-16-18(12-11-17(20)2)31(29,30)26-14-7-8-15-26/h5-6,9-12,16H,3-4,7-8,13-15H2,1-2H3,(H,24,27)(H,25,28). The third-order valence-electron chi connectivity index (χ3n) is 5.39. The number of benzene rings is 2. The van der Waals surface area contributed by atoms with Crippen LogP contribution in [0.1, 0.15) is 58.9 Å². The number of amides is 2. The number of sulfonamides is 1. The summed E-state index contributed by atoms with van der Waals surface area (Å²) in [7, 11) is -3.63. The van der Waals surface area contributed by atoms with E-state index in [0.29, 0.717) is 36.4 Å². The quantitative estimate of drug-likeness (QED) is 0.610. The van der Waals surface area contributed by atoms with Crippen LogP contribution in [0.5, 0.6) is 0 Å². The molecule has 2 N–H and O–H groups in total. The third kappa shape index (κ3) is 5.32. The highest BCUT2D eigenvalue weighted by molar-refractivity contribution is 7.89. The van der Waals surface area contributed by atoms with Crippen molar-refractivity contribution in [1.82, 2.24) is 9.62 Å². The molecule has 0 spiro atoms. The molecule has 0 atom stereocenters. The zero-order valence-corrected chi connectivity index (χ0v) is 18.8. The summed E-state index contributed by atoms with van der Waals surface area (Å²) in [6, 6.07) is 11.4. The number of carbonyl (C=O) groups is 2. The molecule has 1 saturated heterocycles. The predicted molar refractivity (Wildman–Crippen MR) is 121 cm³/mol. The zero-order valence-electron chi connectivity index (χ0n) is 18.0. The van der Waals surface area contributed by atoms with Crippen LogP contribution in [-0.2, 0) is 10.0 Å². The summed E-state index contributed by atoms with van der Waals surface area (Å²) in [6.45, 7) is 5.36. The first-order chi connectivity index (χ1) is 14.8.